The second-order valence-corrected chi connectivity index (χ2v) is 11.4. The Hall–Kier alpha value is -2.68. The van der Waals surface area contributed by atoms with Crippen LogP contribution in [-0.2, 0) is 23.9 Å². The van der Waals surface area contributed by atoms with Gasteiger partial charge in [0.15, 0.2) is 0 Å². The number of carbonyl (C=O) groups is 3. The van der Waals surface area contributed by atoms with Gasteiger partial charge < -0.3 is 24.4 Å². The summed E-state index contributed by atoms with van der Waals surface area (Å²) in [6, 6.07) is 5.35. The molecule has 40 heavy (non-hydrogen) atoms. The van der Waals surface area contributed by atoms with E-state index in [1.165, 1.54) is 9.80 Å². The minimum atomic E-state index is -1.22. The maximum atomic E-state index is 14.6. The van der Waals surface area contributed by atoms with Crippen molar-refractivity contribution in [1.82, 2.24) is 4.90 Å². The van der Waals surface area contributed by atoms with E-state index >= 15 is 0 Å². The Kier molecular flexibility index (Phi) is 9.43. The van der Waals surface area contributed by atoms with E-state index in [0.29, 0.717) is 42.8 Å². The number of ether oxygens (including phenoxy) is 2. The molecule has 8 nitrogen and oxygen atoms in total. The molecule has 3 heterocycles. The fourth-order valence-electron chi connectivity index (χ4n) is 7.01. The quantitative estimate of drug-likeness (QED) is 0.197. The van der Waals surface area contributed by atoms with Gasteiger partial charge in [0.25, 0.3) is 5.91 Å². The van der Waals surface area contributed by atoms with Crippen molar-refractivity contribution in [2.24, 2.45) is 11.8 Å². The number of hydrogen-bond acceptors (Lipinski definition) is 6. The topological polar surface area (TPSA) is 96.4 Å². The number of allylic oxidation sites excluding steroid dienone is 1. The van der Waals surface area contributed by atoms with Crippen LogP contribution in [-0.4, -0.2) is 70.8 Å². The highest BCUT2D eigenvalue weighted by Gasteiger charge is 2.79. The van der Waals surface area contributed by atoms with E-state index in [2.05, 4.69) is 13.2 Å². The minimum absolute atomic E-state index is 0.160. The average Bonchev–Trinajstić information content (AvgIpc) is 3.56. The molecule has 0 aliphatic carbocycles. The smallest absolute Gasteiger partial charge is 0.312 e. The van der Waals surface area contributed by atoms with Crippen LogP contribution < -0.4 is 4.90 Å². The fraction of sp³-hybridized carbons (Fsp3) is 0.581. The number of aliphatic hydroxyl groups excluding tert-OH is 1. The Labute approximate surface area is 241 Å². The number of halogens is 1. The van der Waals surface area contributed by atoms with Crippen LogP contribution in [0.15, 0.2) is 49.6 Å². The number of unbranched alkanes of at least 4 members (excludes halogenated alkanes) is 2. The lowest BCUT2D eigenvalue weighted by Crippen LogP contribution is -2.59. The molecule has 3 aliphatic rings. The van der Waals surface area contributed by atoms with E-state index < -0.39 is 41.1 Å². The number of benzene rings is 1. The molecular weight excluding hydrogens is 532 g/mol. The highest BCUT2D eigenvalue weighted by atomic mass is 35.5. The number of para-hydroxylation sites is 1. The predicted molar refractivity (Wildman–Crippen MR) is 154 cm³/mol. The number of nitrogens with zero attached hydrogens (tertiary/aromatic N) is 2. The van der Waals surface area contributed by atoms with Crippen LogP contribution in [0.2, 0.25) is 5.02 Å². The summed E-state index contributed by atoms with van der Waals surface area (Å²) in [5.74, 6) is -2.89. The number of esters is 1. The van der Waals surface area contributed by atoms with Crippen molar-refractivity contribution in [2.75, 3.05) is 24.7 Å². The first-order chi connectivity index (χ1) is 19.3. The molecule has 0 aromatic heterocycles. The molecule has 1 aromatic rings. The SMILES string of the molecule is C=CCCCCOC(=O)[C@H]1[C@H]2C(=O)N([C@@H](CC)CO)C(C(=O)N(CC=C)c3ccccc3Cl)C23CC[C@]1(CC)O3. The standard InChI is InChI=1S/C31H41ClN2O6/c1-5-9-10-13-19-39-29(38)25-24-27(36)34(21(7-3)20-35)26(31(24)17-16-30(25,8-4)40-31)28(37)33(18-6-2)23-15-12-11-14-22(23)32/h5-6,11-12,14-15,21,24-26,35H,1-2,7-10,13,16-20H2,3-4H3/t21-,24-,25+,26?,30-,31?/m0/s1. The van der Waals surface area contributed by atoms with Gasteiger partial charge in [0.05, 0.1) is 41.5 Å². The Balaban J connectivity index is 1.77. The maximum Gasteiger partial charge on any atom is 0.312 e. The first-order valence-corrected chi connectivity index (χ1v) is 14.7. The van der Waals surface area contributed by atoms with Crippen LogP contribution in [0.4, 0.5) is 5.69 Å². The van der Waals surface area contributed by atoms with Gasteiger partial charge in [-0.15, -0.1) is 13.2 Å². The van der Waals surface area contributed by atoms with E-state index in [4.69, 9.17) is 21.1 Å². The Morgan fingerprint density at radius 2 is 2.00 bits per heavy atom. The molecule has 2 unspecified atom stereocenters. The van der Waals surface area contributed by atoms with Gasteiger partial charge in [-0.25, -0.2) is 0 Å². The van der Waals surface area contributed by atoms with Gasteiger partial charge in [-0.3, -0.25) is 14.4 Å². The lowest BCUT2D eigenvalue weighted by Gasteiger charge is -2.39. The molecule has 1 aromatic carbocycles. The molecule has 3 aliphatic heterocycles. The van der Waals surface area contributed by atoms with E-state index in [9.17, 15) is 19.5 Å². The third-order valence-corrected chi connectivity index (χ3v) is 9.27. The summed E-state index contributed by atoms with van der Waals surface area (Å²) in [4.78, 5) is 45.5. The molecule has 1 N–H and O–H groups in total. The number of amides is 2. The van der Waals surface area contributed by atoms with Crippen molar-refractivity contribution >= 4 is 35.1 Å². The van der Waals surface area contributed by atoms with Crippen LogP contribution in [0.3, 0.4) is 0 Å². The van der Waals surface area contributed by atoms with Crippen LogP contribution >= 0.6 is 11.6 Å². The largest absolute Gasteiger partial charge is 0.465 e. The highest BCUT2D eigenvalue weighted by molar-refractivity contribution is 6.34. The third kappa shape index (κ3) is 4.88. The number of carbonyl (C=O) groups excluding carboxylic acids is 3. The summed E-state index contributed by atoms with van der Waals surface area (Å²) >= 11 is 6.52. The first kappa shape index (κ1) is 30.3. The Morgan fingerprint density at radius 1 is 1.25 bits per heavy atom. The van der Waals surface area contributed by atoms with Crippen LogP contribution in [0.1, 0.15) is 58.8 Å². The number of hydrogen-bond donors (Lipinski definition) is 1. The fourth-order valence-corrected chi connectivity index (χ4v) is 7.25. The molecule has 1 spiro atoms. The molecule has 0 radical (unpaired) electrons. The molecule has 0 saturated carbocycles. The molecular formula is C31H41ClN2O6. The second kappa shape index (κ2) is 12.5. The molecule has 4 rings (SSSR count). The zero-order valence-corrected chi connectivity index (χ0v) is 24.3. The Morgan fingerprint density at radius 3 is 2.62 bits per heavy atom. The van der Waals surface area contributed by atoms with Gasteiger partial charge in [0.1, 0.15) is 17.6 Å². The zero-order valence-electron chi connectivity index (χ0n) is 23.5. The number of likely N-dealkylation sites (tertiary alicyclic amines) is 1. The summed E-state index contributed by atoms with van der Waals surface area (Å²) in [5.41, 5.74) is -1.62. The van der Waals surface area contributed by atoms with E-state index in [1.54, 1.807) is 30.3 Å². The monoisotopic (exact) mass is 572 g/mol. The zero-order chi connectivity index (χ0) is 29.1. The van der Waals surface area contributed by atoms with Crippen LogP contribution in [0.25, 0.3) is 0 Å². The summed E-state index contributed by atoms with van der Waals surface area (Å²) < 4.78 is 12.5. The molecule has 6 atom stereocenters. The predicted octanol–water partition coefficient (Wildman–Crippen LogP) is 4.68. The summed E-state index contributed by atoms with van der Waals surface area (Å²) in [7, 11) is 0. The lowest BCUT2D eigenvalue weighted by molar-refractivity contribution is -0.162. The molecule has 2 amide bonds. The lowest BCUT2D eigenvalue weighted by atomic mass is 9.65. The van der Waals surface area contributed by atoms with Gasteiger partial charge in [0, 0.05) is 6.54 Å². The number of rotatable bonds is 14. The van der Waals surface area contributed by atoms with Gasteiger partial charge in [-0.05, 0) is 57.1 Å². The normalized spacial score (nSPS) is 29.2. The van der Waals surface area contributed by atoms with Crippen molar-refractivity contribution in [2.45, 2.75) is 82.1 Å². The molecule has 2 bridgehead atoms. The number of anilines is 1. The summed E-state index contributed by atoms with van der Waals surface area (Å²) in [6.45, 7) is 11.4. The first-order valence-electron chi connectivity index (χ1n) is 14.3. The minimum Gasteiger partial charge on any atom is -0.465 e. The third-order valence-electron chi connectivity index (χ3n) is 8.95. The molecule has 9 heteroatoms. The van der Waals surface area contributed by atoms with E-state index in [0.717, 1.165) is 12.8 Å². The van der Waals surface area contributed by atoms with Crippen molar-refractivity contribution in [3.63, 3.8) is 0 Å². The highest BCUT2D eigenvalue weighted by Crippen LogP contribution is 2.65. The van der Waals surface area contributed by atoms with Gasteiger partial charge >= 0.3 is 5.97 Å². The van der Waals surface area contributed by atoms with Crippen molar-refractivity contribution in [3.05, 3.63) is 54.6 Å². The van der Waals surface area contributed by atoms with Gasteiger partial charge in [-0.1, -0.05) is 49.7 Å². The van der Waals surface area contributed by atoms with E-state index in [-0.39, 0.29) is 31.6 Å². The van der Waals surface area contributed by atoms with Crippen molar-refractivity contribution in [3.8, 4) is 0 Å². The van der Waals surface area contributed by atoms with Gasteiger partial charge in [-0.2, -0.15) is 0 Å². The summed E-state index contributed by atoms with van der Waals surface area (Å²) in [5, 5.41) is 10.7. The second-order valence-electron chi connectivity index (χ2n) is 11.0. The van der Waals surface area contributed by atoms with Crippen molar-refractivity contribution in [1.29, 1.82) is 0 Å². The Bertz CT molecular complexity index is 1140. The molecule has 218 valence electrons. The van der Waals surface area contributed by atoms with Gasteiger partial charge in [0.2, 0.25) is 5.91 Å². The van der Waals surface area contributed by atoms with E-state index in [1.807, 2.05) is 19.9 Å². The van der Waals surface area contributed by atoms with Crippen LogP contribution in [0, 0.1) is 11.8 Å². The molecule has 3 saturated heterocycles. The molecule has 3 fully saturated rings. The van der Waals surface area contributed by atoms with Crippen molar-refractivity contribution < 1.29 is 29.0 Å². The summed E-state index contributed by atoms with van der Waals surface area (Å²) in [6.07, 6.45) is 7.72. The number of fused-ring (bicyclic) bond motifs is 1. The number of aliphatic hydroxyl groups is 1. The van der Waals surface area contributed by atoms with Crippen LogP contribution in [0.5, 0.6) is 0 Å². The average molecular weight is 573 g/mol. The maximum absolute atomic E-state index is 14.6.